The van der Waals surface area contributed by atoms with Gasteiger partial charge in [0.2, 0.25) is 10.0 Å². The molecular formula is C11H15F2NO3S. The molecule has 0 amide bonds. The van der Waals surface area contributed by atoms with Crippen LogP contribution in [-0.2, 0) is 10.0 Å². The molecule has 0 saturated heterocycles. The van der Waals surface area contributed by atoms with E-state index in [1.54, 1.807) is 0 Å². The molecule has 18 heavy (non-hydrogen) atoms. The first-order valence-corrected chi connectivity index (χ1v) is 7.02. The lowest BCUT2D eigenvalue weighted by molar-refractivity contribution is 0.283. The van der Waals surface area contributed by atoms with Gasteiger partial charge in [0, 0.05) is 13.2 Å². The third-order valence-corrected chi connectivity index (χ3v) is 3.83. The molecule has 0 atom stereocenters. The molecule has 0 aliphatic rings. The van der Waals surface area contributed by atoms with Crippen molar-refractivity contribution in [1.29, 1.82) is 0 Å². The number of halogens is 2. The summed E-state index contributed by atoms with van der Waals surface area (Å²) >= 11 is 0. The Bertz CT molecular complexity index is 471. The minimum atomic E-state index is -4.17. The van der Waals surface area contributed by atoms with Crippen LogP contribution in [0.25, 0.3) is 0 Å². The zero-order valence-corrected chi connectivity index (χ0v) is 10.5. The Hall–Kier alpha value is -1.05. The summed E-state index contributed by atoms with van der Waals surface area (Å²) in [6.45, 7) is 0.116. The number of aliphatic hydroxyl groups is 1. The smallest absolute Gasteiger partial charge is 0.246 e. The Labute approximate surface area is 105 Å². The molecule has 0 bridgehead atoms. The van der Waals surface area contributed by atoms with E-state index in [1.165, 1.54) is 0 Å². The fraction of sp³-hybridized carbons (Fsp3) is 0.455. The molecule has 0 fully saturated rings. The fourth-order valence-corrected chi connectivity index (χ4v) is 2.64. The Morgan fingerprint density at radius 1 is 1.11 bits per heavy atom. The van der Waals surface area contributed by atoms with Crippen molar-refractivity contribution in [1.82, 2.24) is 4.72 Å². The van der Waals surface area contributed by atoms with E-state index in [1.807, 2.05) is 0 Å². The summed E-state index contributed by atoms with van der Waals surface area (Å²) < 4.78 is 52.0. The van der Waals surface area contributed by atoms with E-state index in [4.69, 9.17) is 5.11 Å². The highest BCUT2D eigenvalue weighted by molar-refractivity contribution is 7.89. The first-order valence-electron chi connectivity index (χ1n) is 5.53. The molecule has 1 aromatic carbocycles. The summed E-state index contributed by atoms with van der Waals surface area (Å²) in [5.41, 5.74) is 0. The lowest BCUT2D eigenvalue weighted by Crippen LogP contribution is -2.26. The maximum absolute atomic E-state index is 13.3. The van der Waals surface area contributed by atoms with Crippen LogP contribution in [0.1, 0.15) is 19.3 Å². The number of hydrogen-bond donors (Lipinski definition) is 2. The van der Waals surface area contributed by atoms with Gasteiger partial charge in [-0.1, -0.05) is 6.07 Å². The Kier molecular flexibility index (Phi) is 5.64. The standard InChI is InChI=1S/C11H15F2NO3S/c12-9-5-4-6-10(13)11(9)18(16,17)14-7-2-1-3-8-15/h4-6,14-15H,1-3,7-8H2. The number of sulfonamides is 1. The number of hydrogen-bond acceptors (Lipinski definition) is 3. The zero-order chi connectivity index (χ0) is 13.6. The lowest BCUT2D eigenvalue weighted by Gasteiger charge is -2.08. The van der Waals surface area contributed by atoms with Crippen LogP contribution in [0.5, 0.6) is 0 Å². The predicted octanol–water partition coefficient (Wildman–Crippen LogP) is 1.41. The molecule has 7 heteroatoms. The Morgan fingerprint density at radius 2 is 1.72 bits per heavy atom. The van der Waals surface area contributed by atoms with Crippen molar-refractivity contribution in [2.75, 3.05) is 13.2 Å². The number of aliphatic hydroxyl groups excluding tert-OH is 1. The zero-order valence-electron chi connectivity index (χ0n) is 9.70. The predicted molar refractivity (Wildman–Crippen MR) is 62.5 cm³/mol. The summed E-state index contributed by atoms with van der Waals surface area (Å²) in [5, 5.41) is 8.54. The van der Waals surface area contributed by atoms with Crippen molar-refractivity contribution in [2.24, 2.45) is 0 Å². The van der Waals surface area contributed by atoms with Crippen LogP contribution in [0.4, 0.5) is 8.78 Å². The molecule has 4 nitrogen and oxygen atoms in total. The fourth-order valence-electron chi connectivity index (χ4n) is 1.43. The van der Waals surface area contributed by atoms with Gasteiger partial charge in [0.25, 0.3) is 0 Å². The second-order valence-electron chi connectivity index (χ2n) is 3.73. The molecule has 1 rings (SSSR count). The van der Waals surface area contributed by atoms with Crippen LogP contribution in [0.2, 0.25) is 0 Å². The lowest BCUT2D eigenvalue weighted by atomic mass is 10.2. The number of rotatable bonds is 7. The van der Waals surface area contributed by atoms with E-state index in [-0.39, 0.29) is 13.2 Å². The van der Waals surface area contributed by atoms with Crippen molar-refractivity contribution in [3.8, 4) is 0 Å². The highest BCUT2D eigenvalue weighted by atomic mass is 32.2. The maximum Gasteiger partial charge on any atom is 0.246 e. The van der Waals surface area contributed by atoms with Crippen molar-refractivity contribution in [2.45, 2.75) is 24.2 Å². The van der Waals surface area contributed by atoms with Crippen molar-refractivity contribution < 1.29 is 22.3 Å². The summed E-state index contributed by atoms with van der Waals surface area (Å²) in [4.78, 5) is -0.952. The minimum absolute atomic E-state index is 0.0364. The average molecular weight is 279 g/mol. The highest BCUT2D eigenvalue weighted by Gasteiger charge is 2.22. The van der Waals surface area contributed by atoms with Crippen molar-refractivity contribution in [3.63, 3.8) is 0 Å². The quantitative estimate of drug-likeness (QED) is 0.742. The molecule has 0 spiro atoms. The molecule has 0 aliphatic heterocycles. The van der Waals surface area contributed by atoms with Gasteiger partial charge >= 0.3 is 0 Å². The normalized spacial score (nSPS) is 11.7. The summed E-state index contributed by atoms with van der Waals surface area (Å²) in [6, 6.07) is 2.89. The van der Waals surface area contributed by atoms with Crippen molar-refractivity contribution in [3.05, 3.63) is 29.8 Å². The molecule has 102 valence electrons. The Balaban J connectivity index is 2.69. The van der Waals surface area contributed by atoms with E-state index in [0.29, 0.717) is 19.3 Å². The third-order valence-electron chi connectivity index (χ3n) is 2.31. The van der Waals surface area contributed by atoms with Gasteiger partial charge in [-0.25, -0.2) is 21.9 Å². The highest BCUT2D eigenvalue weighted by Crippen LogP contribution is 2.17. The first kappa shape index (κ1) is 15.0. The Morgan fingerprint density at radius 3 is 2.28 bits per heavy atom. The molecule has 0 unspecified atom stereocenters. The summed E-state index contributed by atoms with van der Waals surface area (Å²) in [6.07, 6.45) is 1.70. The molecule has 0 radical (unpaired) electrons. The maximum atomic E-state index is 13.3. The molecule has 0 heterocycles. The van der Waals surface area contributed by atoms with Gasteiger partial charge in [0.15, 0.2) is 4.90 Å². The number of unbranched alkanes of at least 4 members (excludes halogenated alkanes) is 2. The molecular weight excluding hydrogens is 264 g/mol. The SMILES string of the molecule is O=S(=O)(NCCCCCO)c1c(F)cccc1F. The summed E-state index contributed by atoms with van der Waals surface area (Å²) in [5.74, 6) is -2.23. The molecule has 0 saturated carbocycles. The summed E-state index contributed by atoms with van der Waals surface area (Å²) in [7, 11) is -4.17. The van der Waals surface area contributed by atoms with Crippen LogP contribution in [0.3, 0.4) is 0 Å². The van der Waals surface area contributed by atoms with Crippen LogP contribution in [0, 0.1) is 11.6 Å². The number of benzene rings is 1. The van der Waals surface area contributed by atoms with E-state index in [0.717, 1.165) is 18.2 Å². The van der Waals surface area contributed by atoms with E-state index >= 15 is 0 Å². The monoisotopic (exact) mass is 279 g/mol. The van der Waals surface area contributed by atoms with E-state index in [9.17, 15) is 17.2 Å². The topological polar surface area (TPSA) is 66.4 Å². The number of nitrogens with one attached hydrogen (secondary N) is 1. The van der Waals surface area contributed by atoms with Gasteiger partial charge in [0.1, 0.15) is 11.6 Å². The van der Waals surface area contributed by atoms with Crippen LogP contribution < -0.4 is 4.72 Å². The largest absolute Gasteiger partial charge is 0.396 e. The van der Waals surface area contributed by atoms with Crippen LogP contribution in [0.15, 0.2) is 23.1 Å². The van der Waals surface area contributed by atoms with Crippen molar-refractivity contribution >= 4 is 10.0 Å². The second-order valence-corrected chi connectivity index (χ2v) is 5.44. The first-order chi connectivity index (χ1) is 8.49. The van der Waals surface area contributed by atoms with Crippen LogP contribution >= 0.6 is 0 Å². The van der Waals surface area contributed by atoms with E-state index in [2.05, 4.69) is 4.72 Å². The van der Waals surface area contributed by atoms with Gasteiger partial charge < -0.3 is 5.11 Å². The van der Waals surface area contributed by atoms with Gasteiger partial charge in [-0.05, 0) is 31.4 Å². The second kappa shape index (κ2) is 6.77. The molecule has 1 aromatic rings. The molecule has 0 aromatic heterocycles. The van der Waals surface area contributed by atoms with Gasteiger partial charge in [-0.2, -0.15) is 0 Å². The average Bonchev–Trinajstić information content (AvgIpc) is 2.28. The van der Waals surface area contributed by atoms with Gasteiger partial charge in [-0.3, -0.25) is 0 Å². The van der Waals surface area contributed by atoms with Gasteiger partial charge in [0.05, 0.1) is 0 Å². The molecule has 0 aliphatic carbocycles. The molecule has 2 N–H and O–H groups in total. The third kappa shape index (κ3) is 4.01. The van der Waals surface area contributed by atoms with Crippen LogP contribution in [-0.4, -0.2) is 26.7 Å². The van der Waals surface area contributed by atoms with E-state index < -0.39 is 26.6 Å². The minimum Gasteiger partial charge on any atom is -0.396 e. The van der Waals surface area contributed by atoms with Gasteiger partial charge in [-0.15, -0.1) is 0 Å².